The number of hydrogen-bond acceptors (Lipinski definition) is 3. The van der Waals surface area contributed by atoms with Gasteiger partial charge in [0.1, 0.15) is 0 Å². The van der Waals surface area contributed by atoms with Gasteiger partial charge < -0.3 is 20.2 Å². The van der Waals surface area contributed by atoms with E-state index in [-0.39, 0.29) is 17.6 Å². The van der Waals surface area contributed by atoms with Gasteiger partial charge in [0.25, 0.3) is 0 Å². The van der Waals surface area contributed by atoms with Gasteiger partial charge in [0.2, 0.25) is 0 Å². The second-order valence-corrected chi connectivity index (χ2v) is 8.23. The number of urea groups is 1. The minimum atomic E-state index is -0.333. The molecule has 2 atom stereocenters. The van der Waals surface area contributed by atoms with Gasteiger partial charge in [-0.2, -0.15) is 0 Å². The Morgan fingerprint density at radius 2 is 1.91 bits per heavy atom. The third-order valence-electron chi connectivity index (χ3n) is 5.12. The number of piperidine rings is 1. The lowest BCUT2D eigenvalue weighted by Crippen LogP contribution is -2.49. The standard InChI is InChI=1S/C18H35N3O2/c1-15(22)12-18(2,3)14-19-17(23)21-11-7-8-16(21)13-20-9-5-4-6-10-20/h15-16,22H,4-14H2,1-3H3,(H,19,23). The monoisotopic (exact) mass is 325 g/mol. The van der Waals surface area contributed by atoms with Crippen molar-refractivity contribution in [3.63, 3.8) is 0 Å². The van der Waals surface area contributed by atoms with Crippen LogP contribution < -0.4 is 5.32 Å². The normalized spacial score (nSPS) is 24.7. The molecule has 2 aliphatic rings. The topological polar surface area (TPSA) is 55.8 Å². The Morgan fingerprint density at radius 3 is 2.57 bits per heavy atom. The van der Waals surface area contributed by atoms with Crippen molar-refractivity contribution >= 4 is 6.03 Å². The second-order valence-electron chi connectivity index (χ2n) is 8.23. The summed E-state index contributed by atoms with van der Waals surface area (Å²) < 4.78 is 0. The van der Waals surface area contributed by atoms with Crippen molar-refractivity contribution in [3.05, 3.63) is 0 Å². The van der Waals surface area contributed by atoms with Crippen molar-refractivity contribution < 1.29 is 9.90 Å². The highest BCUT2D eigenvalue weighted by Gasteiger charge is 2.31. The quantitative estimate of drug-likeness (QED) is 0.789. The molecule has 2 unspecified atom stereocenters. The van der Waals surface area contributed by atoms with E-state index in [2.05, 4.69) is 24.1 Å². The van der Waals surface area contributed by atoms with E-state index in [9.17, 15) is 9.90 Å². The van der Waals surface area contributed by atoms with Gasteiger partial charge in [-0.3, -0.25) is 0 Å². The van der Waals surface area contributed by atoms with Crippen molar-refractivity contribution in [2.24, 2.45) is 5.41 Å². The lowest BCUT2D eigenvalue weighted by Gasteiger charge is -2.34. The van der Waals surface area contributed by atoms with Gasteiger partial charge in [0, 0.05) is 25.7 Å². The first-order chi connectivity index (χ1) is 10.9. The van der Waals surface area contributed by atoms with E-state index in [1.807, 2.05) is 4.90 Å². The van der Waals surface area contributed by atoms with Crippen LogP contribution in [0.4, 0.5) is 4.79 Å². The molecule has 2 aliphatic heterocycles. The molecule has 2 rings (SSSR count). The largest absolute Gasteiger partial charge is 0.393 e. The van der Waals surface area contributed by atoms with Crippen LogP contribution in [0.1, 0.15) is 59.3 Å². The number of hydrogen-bond donors (Lipinski definition) is 2. The van der Waals surface area contributed by atoms with Crippen LogP contribution in [0, 0.1) is 5.41 Å². The predicted octanol–water partition coefficient (Wildman–Crippen LogP) is 2.44. The Balaban J connectivity index is 1.80. The molecular formula is C18H35N3O2. The van der Waals surface area contributed by atoms with Crippen LogP contribution in [0.3, 0.4) is 0 Å². The number of amides is 2. The van der Waals surface area contributed by atoms with Crippen LogP contribution >= 0.6 is 0 Å². The highest BCUT2D eigenvalue weighted by molar-refractivity contribution is 5.74. The molecule has 0 aliphatic carbocycles. The van der Waals surface area contributed by atoms with Crippen LogP contribution in [0.25, 0.3) is 0 Å². The van der Waals surface area contributed by atoms with Gasteiger partial charge in [0.15, 0.2) is 0 Å². The number of nitrogens with one attached hydrogen (secondary N) is 1. The summed E-state index contributed by atoms with van der Waals surface area (Å²) >= 11 is 0. The fourth-order valence-electron chi connectivity index (χ4n) is 4.02. The molecule has 2 fully saturated rings. The summed E-state index contributed by atoms with van der Waals surface area (Å²) in [6, 6.07) is 0.441. The average Bonchev–Trinajstić information content (AvgIpc) is 2.93. The Morgan fingerprint density at radius 1 is 1.22 bits per heavy atom. The van der Waals surface area contributed by atoms with Gasteiger partial charge in [-0.15, -0.1) is 0 Å². The SMILES string of the molecule is CC(O)CC(C)(C)CNC(=O)N1CCCC1CN1CCCCC1. The first-order valence-corrected chi connectivity index (χ1v) is 9.32. The molecule has 0 spiro atoms. The Kier molecular flexibility index (Phi) is 6.72. The molecule has 2 N–H and O–H groups in total. The van der Waals surface area contributed by atoms with Crippen LogP contribution in [0.2, 0.25) is 0 Å². The zero-order valence-corrected chi connectivity index (χ0v) is 15.2. The smallest absolute Gasteiger partial charge is 0.317 e. The molecule has 23 heavy (non-hydrogen) atoms. The maximum Gasteiger partial charge on any atom is 0.317 e. The van der Waals surface area contributed by atoms with Gasteiger partial charge in [-0.25, -0.2) is 4.79 Å². The Labute approximate surface area is 141 Å². The first-order valence-electron chi connectivity index (χ1n) is 9.32. The van der Waals surface area contributed by atoms with Gasteiger partial charge in [0.05, 0.1) is 6.10 Å². The first kappa shape index (κ1) is 18.5. The molecule has 2 heterocycles. The summed E-state index contributed by atoms with van der Waals surface area (Å²) in [5.74, 6) is 0. The van der Waals surface area contributed by atoms with Crippen molar-refractivity contribution in [3.8, 4) is 0 Å². The summed E-state index contributed by atoms with van der Waals surface area (Å²) in [4.78, 5) is 17.1. The van der Waals surface area contributed by atoms with E-state index < -0.39 is 0 Å². The summed E-state index contributed by atoms with van der Waals surface area (Å²) in [5.41, 5.74) is -0.0775. The molecule has 2 saturated heterocycles. The van der Waals surface area contributed by atoms with Crippen molar-refractivity contribution in [2.75, 3.05) is 32.7 Å². The molecule has 0 aromatic heterocycles. The number of aliphatic hydroxyl groups is 1. The molecular weight excluding hydrogens is 290 g/mol. The number of nitrogens with zero attached hydrogens (tertiary/aromatic N) is 2. The van der Waals surface area contributed by atoms with Crippen molar-refractivity contribution in [2.45, 2.75) is 71.4 Å². The Bertz CT molecular complexity index is 378. The van der Waals surface area contributed by atoms with E-state index in [0.29, 0.717) is 19.0 Å². The van der Waals surface area contributed by atoms with E-state index in [0.717, 1.165) is 25.9 Å². The molecule has 2 amide bonds. The lowest BCUT2D eigenvalue weighted by molar-refractivity contribution is 0.123. The number of carbonyl (C=O) groups excluding carboxylic acids is 1. The summed E-state index contributed by atoms with van der Waals surface area (Å²) in [7, 11) is 0. The fourth-order valence-corrected chi connectivity index (χ4v) is 4.02. The molecule has 0 aromatic rings. The summed E-state index contributed by atoms with van der Waals surface area (Å²) in [6.07, 6.45) is 6.55. The number of likely N-dealkylation sites (tertiary alicyclic amines) is 2. The van der Waals surface area contributed by atoms with Crippen LogP contribution in [-0.4, -0.2) is 65.8 Å². The minimum Gasteiger partial charge on any atom is -0.393 e. The molecule has 0 radical (unpaired) electrons. The van der Waals surface area contributed by atoms with E-state index in [1.165, 1.54) is 32.4 Å². The lowest BCUT2D eigenvalue weighted by atomic mass is 9.87. The third-order valence-corrected chi connectivity index (χ3v) is 5.12. The molecule has 0 saturated carbocycles. The summed E-state index contributed by atoms with van der Waals surface area (Å²) in [5, 5.41) is 12.7. The highest BCUT2D eigenvalue weighted by atomic mass is 16.3. The van der Waals surface area contributed by atoms with Gasteiger partial charge >= 0.3 is 6.03 Å². The van der Waals surface area contributed by atoms with Crippen LogP contribution in [0.15, 0.2) is 0 Å². The Hall–Kier alpha value is -0.810. The fraction of sp³-hybridized carbons (Fsp3) is 0.944. The molecule has 134 valence electrons. The van der Waals surface area contributed by atoms with Crippen molar-refractivity contribution in [1.82, 2.24) is 15.1 Å². The van der Waals surface area contributed by atoms with Crippen LogP contribution in [0.5, 0.6) is 0 Å². The molecule has 0 aromatic carbocycles. The van der Waals surface area contributed by atoms with Crippen molar-refractivity contribution in [1.29, 1.82) is 0 Å². The number of carbonyl (C=O) groups is 1. The maximum atomic E-state index is 12.6. The second kappa shape index (κ2) is 8.34. The van der Waals surface area contributed by atoms with E-state index >= 15 is 0 Å². The molecule has 5 nitrogen and oxygen atoms in total. The summed E-state index contributed by atoms with van der Waals surface area (Å²) in [6.45, 7) is 10.9. The van der Waals surface area contributed by atoms with Gasteiger partial charge in [-0.05, 0) is 57.5 Å². The zero-order valence-electron chi connectivity index (χ0n) is 15.2. The number of rotatable bonds is 6. The molecule has 0 bridgehead atoms. The third kappa shape index (κ3) is 5.96. The number of aliphatic hydroxyl groups excluding tert-OH is 1. The molecule has 5 heteroatoms. The predicted molar refractivity (Wildman–Crippen MR) is 93.5 cm³/mol. The average molecular weight is 325 g/mol. The maximum absolute atomic E-state index is 12.6. The van der Waals surface area contributed by atoms with E-state index in [4.69, 9.17) is 0 Å². The highest BCUT2D eigenvalue weighted by Crippen LogP contribution is 2.23. The minimum absolute atomic E-state index is 0.0724. The van der Waals surface area contributed by atoms with Crippen LogP contribution in [-0.2, 0) is 0 Å². The van der Waals surface area contributed by atoms with E-state index in [1.54, 1.807) is 6.92 Å². The van der Waals surface area contributed by atoms with Gasteiger partial charge in [-0.1, -0.05) is 20.3 Å². The zero-order chi connectivity index (χ0) is 16.9.